The van der Waals surface area contributed by atoms with Crippen molar-refractivity contribution >= 4 is 23.8 Å². The molecule has 0 saturated heterocycles. The van der Waals surface area contributed by atoms with Crippen LogP contribution in [0.4, 0.5) is 5.82 Å². The number of pyridine rings is 1. The highest BCUT2D eigenvalue weighted by molar-refractivity contribution is 6.29. The third-order valence-electron chi connectivity index (χ3n) is 2.73. The first-order chi connectivity index (χ1) is 9.81. The van der Waals surface area contributed by atoms with Crippen LogP contribution in [0.3, 0.4) is 0 Å². The number of anilines is 1. The van der Waals surface area contributed by atoms with Gasteiger partial charge < -0.3 is 10.6 Å². The molecule has 0 bridgehead atoms. The molecule has 1 heterocycles. The van der Waals surface area contributed by atoms with E-state index in [0.717, 1.165) is 30.0 Å². The number of nitrogens with zero attached hydrogens (tertiary/aromatic N) is 2. The van der Waals surface area contributed by atoms with Gasteiger partial charge in [-0.2, -0.15) is 0 Å². The van der Waals surface area contributed by atoms with E-state index >= 15 is 0 Å². The summed E-state index contributed by atoms with van der Waals surface area (Å²) in [4.78, 5) is 8.22. The van der Waals surface area contributed by atoms with Gasteiger partial charge in [0.05, 0.1) is 6.34 Å². The van der Waals surface area contributed by atoms with Crippen molar-refractivity contribution in [3.63, 3.8) is 0 Å². The second-order valence-electron chi connectivity index (χ2n) is 4.16. The standard InChI is InChI=1S/C15H17ClN4/c1-17-11-18-9-10-19-15-13(7-8-14(16)20-15)12-5-3-2-4-6-12/h2-8,11H,9-10H2,1H3,(H,17,18)(H,19,20). The number of hydrogen-bond donors (Lipinski definition) is 2. The summed E-state index contributed by atoms with van der Waals surface area (Å²) < 4.78 is 0. The van der Waals surface area contributed by atoms with Gasteiger partial charge in [0, 0.05) is 25.7 Å². The number of rotatable bonds is 6. The zero-order valence-electron chi connectivity index (χ0n) is 11.3. The van der Waals surface area contributed by atoms with Crippen molar-refractivity contribution in [2.75, 3.05) is 25.5 Å². The minimum absolute atomic E-state index is 0.482. The highest BCUT2D eigenvalue weighted by Crippen LogP contribution is 2.27. The molecule has 2 rings (SSSR count). The zero-order chi connectivity index (χ0) is 14.2. The minimum Gasteiger partial charge on any atom is -0.375 e. The van der Waals surface area contributed by atoms with Crippen LogP contribution in [0.25, 0.3) is 11.1 Å². The van der Waals surface area contributed by atoms with E-state index in [0.29, 0.717) is 5.15 Å². The quantitative estimate of drug-likeness (QED) is 0.372. The Bertz CT molecular complexity index is 569. The molecule has 5 heteroatoms. The fourth-order valence-corrected chi connectivity index (χ4v) is 1.98. The van der Waals surface area contributed by atoms with E-state index < -0.39 is 0 Å². The van der Waals surface area contributed by atoms with Gasteiger partial charge in [0.15, 0.2) is 0 Å². The number of aliphatic imine (C=N–C) groups is 1. The third-order valence-corrected chi connectivity index (χ3v) is 2.94. The van der Waals surface area contributed by atoms with Gasteiger partial charge >= 0.3 is 0 Å². The summed E-state index contributed by atoms with van der Waals surface area (Å²) in [6, 6.07) is 13.9. The summed E-state index contributed by atoms with van der Waals surface area (Å²) in [6.45, 7) is 1.50. The Kier molecular flexibility index (Phi) is 5.38. The maximum Gasteiger partial charge on any atom is 0.135 e. The molecule has 0 unspecified atom stereocenters. The predicted molar refractivity (Wildman–Crippen MR) is 85.6 cm³/mol. The van der Waals surface area contributed by atoms with Crippen LogP contribution in [-0.2, 0) is 0 Å². The number of aromatic nitrogens is 1. The van der Waals surface area contributed by atoms with Crippen molar-refractivity contribution in [3.05, 3.63) is 47.6 Å². The first kappa shape index (κ1) is 14.3. The van der Waals surface area contributed by atoms with Gasteiger partial charge in [-0.05, 0) is 17.7 Å². The van der Waals surface area contributed by atoms with Crippen molar-refractivity contribution in [3.8, 4) is 11.1 Å². The van der Waals surface area contributed by atoms with E-state index in [2.05, 4.69) is 32.7 Å². The Morgan fingerprint density at radius 1 is 1.15 bits per heavy atom. The number of halogens is 1. The molecule has 0 amide bonds. The van der Waals surface area contributed by atoms with Crippen LogP contribution in [0.2, 0.25) is 5.15 Å². The number of benzene rings is 1. The van der Waals surface area contributed by atoms with Crippen LogP contribution in [0.15, 0.2) is 47.5 Å². The maximum atomic E-state index is 5.98. The van der Waals surface area contributed by atoms with E-state index in [9.17, 15) is 0 Å². The molecule has 104 valence electrons. The van der Waals surface area contributed by atoms with E-state index in [-0.39, 0.29) is 0 Å². The molecule has 4 nitrogen and oxygen atoms in total. The normalized spacial score (nSPS) is 10.7. The van der Waals surface area contributed by atoms with Crippen LogP contribution in [0, 0.1) is 0 Å². The summed E-state index contributed by atoms with van der Waals surface area (Å²) >= 11 is 5.98. The van der Waals surface area contributed by atoms with Crippen molar-refractivity contribution < 1.29 is 0 Å². The first-order valence-corrected chi connectivity index (χ1v) is 6.79. The van der Waals surface area contributed by atoms with Gasteiger partial charge in [-0.3, -0.25) is 4.99 Å². The summed E-state index contributed by atoms with van der Waals surface area (Å²) in [5.41, 5.74) is 2.15. The molecule has 0 atom stereocenters. The van der Waals surface area contributed by atoms with Crippen LogP contribution >= 0.6 is 11.6 Å². The number of nitrogens with one attached hydrogen (secondary N) is 2. The second kappa shape index (κ2) is 7.50. The number of hydrogen-bond acceptors (Lipinski definition) is 3. The molecule has 0 aliphatic rings. The Hall–Kier alpha value is -2.07. The largest absolute Gasteiger partial charge is 0.375 e. The molecule has 2 N–H and O–H groups in total. The van der Waals surface area contributed by atoms with Gasteiger partial charge in [-0.15, -0.1) is 0 Å². The topological polar surface area (TPSA) is 49.3 Å². The Balaban J connectivity index is 2.12. The Morgan fingerprint density at radius 3 is 2.70 bits per heavy atom. The maximum absolute atomic E-state index is 5.98. The Labute approximate surface area is 123 Å². The molecular weight excluding hydrogens is 272 g/mol. The highest BCUT2D eigenvalue weighted by Gasteiger charge is 2.06. The molecular formula is C15H17ClN4. The lowest BCUT2D eigenvalue weighted by atomic mass is 10.1. The fraction of sp³-hybridized carbons (Fsp3) is 0.200. The van der Waals surface area contributed by atoms with Crippen molar-refractivity contribution in [2.24, 2.45) is 4.99 Å². The molecule has 0 aliphatic heterocycles. The van der Waals surface area contributed by atoms with Crippen molar-refractivity contribution in [1.82, 2.24) is 10.3 Å². The Morgan fingerprint density at radius 2 is 1.95 bits per heavy atom. The van der Waals surface area contributed by atoms with E-state index in [4.69, 9.17) is 11.6 Å². The zero-order valence-corrected chi connectivity index (χ0v) is 12.1. The summed E-state index contributed by atoms with van der Waals surface area (Å²) in [5.74, 6) is 0.791. The fourth-order valence-electron chi connectivity index (χ4n) is 1.83. The first-order valence-electron chi connectivity index (χ1n) is 6.41. The molecule has 1 aromatic heterocycles. The second-order valence-corrected chi connectivity index (χ2v) is 4.55. The summed E-state index contributed by atoms with van der Waals surface area (Å²) in [6.07, 6.45) is 1.67. The summed E-state index contributed by atoms with van der Waals surface area (Å²) in [7, 11) is 1.73. The lowest BCUT2D eigenvalue weighted by Gasteiger charge is -2.11. The predicted octanol–water partition coefficient (Wildman–Crippen LogP) is 3.06. The van der Waals surface area contributed by atoms with Crippen molar-refractivity contribution in [1.29, 1.82) is 0 Å². The van der Waals surface area contributed by atoms with Crippen LogP contribution < -0.4 is 10.6 Å². The van der Waals surface area contributed by atoms with Crippen molar-refractivity contribution in [2.45, 2.75) is 0 Å². The molecule has 0 spiro atoms. The van der Waals surface area contributed by atoms with Crippen LogP contribution in [0.1, 0.15) is 0 Å². The molecule has 0 saturated carbocycles. The lowest BCUT2D eigenvalue weighted by molar-refractivity contribution is 0.915. The molecule has 0 radical (unpaired) electrons. The smallest absolute Gasteiger partial charge is 0.135 e. The van der Waals surface area contributed by atoms with Gasteiger partial charge in [-0.25, -0.2) is 4.98 Å². The third kappa shape index (κ3) is 3.96. The van der Waals surface area contributed by atoms with E-state index in [1.807, 2.05) is 24.3 Å². The molecule has 2 aromatic rings. The molecule has 1 aromatic carbocycles. The summed E-state index contributed by atoms with van der Waals surface area (Å²) in [5, 5.41) is 6.84. The monoisotopic (exact) mass is 288 g/mol. The molecule has 0 aliphatic carbocycles. The van der Waals surface area contributed by atoms with E-state index in [1.54, 1.807) is 19.5 Å². The minimum atomic E-state index is 0.482. The van der Waals surface area contributed by atoms with Crippen LogP contribution in [0.5, 0.6) is 0 Å². The van der Waals surface area contributed by atoms with Crippen LogP contribution in [-0.4, -0.2) is 31.5 Å². The van der Waals surface area contributed by atoms with Gasteiger partial charge in [0.1, 0.15) is 11.0 Å². The molecule has 20 heavy (non-hydrogen) atoms. The lowest BCUT2D eigenvalue weighted by Crippen LogP contribution is -2.21. The average molecular weight is 289 g/mol. The van der Waals surface area contributed by atoms with Gasteiger partial charge in [0.2, 0.25) is 0 Å². The SMILES string of the molecule is C/N=C\NCCNc1nc(Cl)ccc1-c1ccccc1. The van der Waals surface area contributed by atoms with Gasteiger partial charge in [0.25, 0.3) is 0 Å². The van der Waals surface area contributed by atoms with Gasteiger partial charge in [-0.1, -0.05) is 41.9 Å². The average Bonchev–Trinajstić information content (AvgIpc) is 2.48. The van der Waals surface area contributed by atoms with E-state index in [1.165, 1.54) is 0 Å². The highest BCUT2D eigenvalue weighted by atomic mass is 35.5. The molecule has 0 fully saturated rings.